The van der Waals surface area contributed by atoms with Crippen LogP contribution in [0.4, 0.5) is 5.88 Å². The number of methoxy groups -OCH3 is 2. The van der Waals surface area contributed by atoms with Crippen molar-refractivity contribution in [1.29, 1.82) is 0 Å². The van der Waals surface area contributed by atoms with E-state index < -0.39 is 33.4 Å². The maximum absolute atomic E-state index is 12.1. The van der Waals surface area contributed by atoms with Crippen molar-refractivity contribution >= 4 is 21.9 Å². The zero-order chi connectivity index (χ0) is 20.2. The molecule has 2 rings (SSSR count). The molecule has 0 aliphatic carbocycles. The first-order valence-electron chi connectivity index (χ1n) is 7.99. The Labute approximate surface area is 156 Å². The molecule has 1 heterocycles. The molecule has 0 aliphatic rings. The number of sulfonamides is 1. The maximum atomic E-state index is 12.1. The minimum atomic E-state index is -3.75. The number of nitrogens with one attached hydrogen (secondary N) is 1. The zero-order valence-electron chi connectivity index (χ0n) is 15.4. The van der Waals surface area contributed by atoms with Gasteiger partial charge in [0, 0.05) is 13.0 Å². The fourth-order valence-corrected chi connectivity index (χ4v) is 3.40. The second kappa shape index (κ2) is 8.21. The van der Waals surface area contributed by atoms with Crippen molar-refractivity contribution in [2.24, 2.45) is 0 Å². The first-order chi connectivity index (χ1) is 12.7. The summed E-state index contributed by atoms with van der Waals surface area (Å²) in [6.07, 6.45) is 0.365. The summed E-state index contributed by atoms with van der Waals surface area (Å²) in [6, 6.07) is 4.72. The molecule has 0 saturated carbocycles. The summed E-state index contributed by atoms with van der Waals surface area (Å²) in [6.45, 7) is 2.81. The highest BCUT2D eigenvalue weighted by Gasteiger charge is 2.28. The van der Waals surface area contributed by atoms with Gasteiger partial charge in [-0.3, -0.25) is 4.79 Å². The molecule has 9 nitrogen and oxygen atoms in total. The Morgan fingerprint density at radius 2 is 1.96 bits per heavy atom. The monoisotopic (exact) mass is 399 g/mol. The topological polar surface area (TPSA) is 124 Å². The highest BCUT2D eigenvalue weighted by Crippen LogP contribution is 2.49. The fraction of sp³-hybridized carbons (Fsp3) is 0.353. The SMILES string of the molecule is CCCS(=O)(=O)Nc1oc(-c2ccc(OC)cc2OC)c(O)c1OC(C)=O. The van der Waals surface area contributed by atoms with Gasteiger partial charge in [0.25, 0.3) is 5.88 Å². The predicted molar refractivity (Wildman–Crippen MR) is 97.9 cm³/mol. The number of furan rings is 1. The molecule has 0 amide bonds. The third kappa shape index (κ3) is 4.64. The van der Waals surface area contributed by atoms with E-state index in [0.717, 1.165) is 6.92 Å². The van der Waals surface area contributed by atoms with Gasteiger partial charge >= 0.3 is 5.97 Å². The van der Waals surface area contributed by atoms with E-state index in [9.17, 15) is 18.3 Å². The van der Waals surface area contributed by atoms with Gasteiger partial charge in [0.2, 0.25) is 21.5 Å². The molecular weight excluding hydrogens is 378 g/mol. The highest BCUT2D eigenvalue weighted by atomic mass is 32.2. The maximum Gasteiger partial charge on any atom is 0.308 e. The Morgan fingerprint density at radius 1 is 1.26 bits per heavy atom. The molecule has 2 aromatic rings. The fourth-order valence-electron chi connectivity index (χ4n) is 2.34. The molecular formula is C17H21NO8S. The van der Waals surface area contributed by atoms with E-state index in [-0.39, 0.29) is 11.5 Å². The van der Waals surface area contributed by atoms with Gasteiger partial charge in [-0.2, -0.15) is 0 Å². The summed E-state index contributed by atoms with van der Waals surface area (Å²) >= 11 is 0. The molecule has 0 atom stereocenters. The molecule has 0 spiro atoms. The Balaban J connectivity index is 2.60. The first kappa shape index (κ1) is 20.4. The number of rotatable bonds is 8. The average molecular weight is 399 g/mol. The van der Waals surface area contributed by atoms with Crippen molar-refractivity contribution in [3.05, 3.63) is 18.2 Å². The van der Waals surface area contributed by atoms with Crippen LogP contribution in [0.5, 0.6) is 23.0 Å². The van der Waals surface area contributed by atoms with Gasteiger partial charge < -0.3 is 23.7 Å². The van der Waals surface area contributed by atoms with E-state index in [1.165, 1.54) is 14.2 Å². The zero-order valence-corrected chi connectivity index (χ0v) is 16.2. The third-order valence-electron chi connectivity index (χ3n) is 3.46. The molecule has 27 heavy (non-hydrogen) atoms. The number of ether oxygens (including phenoxy) is 3. The molecule has 0 fully saturated rings. The van der Waals surface area contributed by atoms with Crippen molar-refractivity contribution in [1.82, 2.24) is 0 Å². The number of esters is 1. The van der Waals surface area contributed by atoms with Crippen molar-refractivity contribution < 1.29 is 36.9 Å². The molecule has 0 unspecified atom stereocenters. The van der Waals surface area contributed by atoms with Gasteiger partial charge in [-0.25, -0.2) is 13.1 Å². The summed E-state index contributed by atoms with van der Waals surface area (Å²) in [5, 5.41) is 10.5. The number of hydrogen-bond donors (Lipinski definition) is 2. The van der Waals surface area contributed by atoms with E-state index in [1.54, 1.807) is 25.1 Å². The van der Waals surface area contributed by atoms with Crippen LogP contribution in [0.2, 0.25) is 0 Å². The normalized spacial score (nSPS) is 11.1. The van der Waals surface area contributed by atoms with Crippen molar-refractivity contribution in [2.75, 3.05) is 24.7 Å². The average Bonchev–Trinajstić information content (AvgIpc) is 2.89. The van der Waals surface area contributed by atoms with Crippen molar-refractivity contribution in [3.63, 3.8) is 0 Å². The third-order valence-corrected chi connectivity index (χ3v) is 4.90. The van der Waals surface area contributed by atoms with Crippen LogP contribution in [0.15, 0.2) is 22.6 Å². The number of carbonyl (C=O) groups excluding carboxylic acids is 1. The lowest BCUT2D eigenvalue weighted by atomic mass is 10.1. The lowest BCUT2D eigenvalue weighted by molar-refractivity contribution is -0.131. The molecule has 10 heteroatoms. The van der Waals surface area contributed by atoms with Crippen LogP contribution >= 0.6 is 0 Å². The number of aromatic hydroxyl groups is 1. The Hall–Kier alpha value is -2.88. The lowest BCUT2D eigenvalue weighted by Gasteiger charge is -2.08. The summed E-state index contributed by atoms with van der Waals surface area (Å²) < 4.78 is 47.1. The highest BCUT2D eigenvalue weighted by molar-refractivity contribution is 7.92. The number of hydrogen-bond acceptors (Lipinski definition) is 8. The molecule has 0 saturated heterocycles. The molecule has 148 valence electrons. The molecule has 2 N–H and O–H groups in total. The van der Waals surface area contributed by atoms with E-state index >= 15 is 0 Å². The van der Waals surface area contributed by atoms with E-state index in [2.05, 4.69) is 4.72 Å². The number of anilines is 1. The largest absolute Gasteiger partial charge is 0.502 e. The molecule has 0 radical (unpaired) electrons. The minimum Gasteiger partial charge on any atom is -0.502 e. The van der Waals surface area contributed by atoms with Gasteiger partial charge in [-0.1, -0.05) is 6.92 Å². The minimum absolute atomic E-state index is 0.125. The van der Waals surface area contributed by atoms with Crippen LogP contribution in [0.1, 0.15) is 20.3 Å². The Morgan fingerprint density at radius 3 is 2.52 bits per heavy atom. The molecule has 0 bridgehead atoms. The van der Waals surface area contributed by atoms with Crippen LogP contribution in [0.25, 0.3) is 11.3 Å². The molecule has 0 aliphatic heterocycles. The van der Waals surface area contributed by atoms with E-state index in [1.807, 2.05) is 0 Å². The number of benzene rings is 1. The Bertz CT molecular complexity index is 933. The van der Waals surface area contributed by atoms with E-state index in [0.29, 0.717) is 23.5 Å². The first-order valence-corrected chi connectivity index (χ1v) is 9.64. The van der Waals surface area contributed by atoms with Crippen LogP contribution < -0.4 is 18.9 Å². The quantitative estimate of drug-likeness (QED) is 0.649. The van der Waals surface area contributed by atoms with Gasteiger partial charge in [-0.05, 0) is 18.6 Å². The van der Waals surface area contributed by atoms with Crippen LogP contribution in [0.3, 0.4) is 0 Å². The Kier molecular flexibility index (Phi) is 6.21. The second-order valence-electron chi connectivity index (χ2n) is 5.52. The van der Waals surface area contributed by atoms with Crippen LogP contribution in [0, 0.1) is 0 Å². The molecule has 1 aromatic heterocycles. The predicted octanol–water partition coefficient (Wildman–Crippen LogP) is 2.75. The lowest BCUT2D eigenvalue weighted by Crippen LogP contribution is -2.16. The van der Waals surface area contributed by atoms with Crippen molar-refractivity contribution in [2.45, 2.75) is 20.3 Å². The van der Waals surface area contributed by atoms with Gasteiger partial charge in [0.05, 0.1) is 25.5 Å². The van der Waals surface area contributed by atoms with Crippen LogP contribution in [-0.4, -0.2) is 39.5 Å². The van der Waals surface area contributed by atoms with Crippen molar-refractivity contribution in [3.8, 4) is 34.3 Å². The van der Waals surface area contributed by atoms with Crippen LogP contribution in [-0.2, 0) is 14.8 Å². The summed E-state index contributed by atoms with van der Waals surface area (Å²) in [5.41, 5.74) is 0.310. The summed E-state index contributed by atoms with van der Waals surface area (Å²) in [5.74, 6) is -1.60. The summed E-state index contributed by atoms with van der Waals surface area (Å²) in [7, 11) is -0.855. The smallest absolute Gasteiger partial charge is 0.308 e. The summed E-state index contributed by atoms with van der Waals surface area (Å²) in [4.78, 5) is 11.4. The van der Waals surface area contributed by atoms with E-state index in [4.69, 9.17) is 18.6 Å². The van der Waals surface area contributed by atoms with Gasteiger partial charge in [0.1, 0.15) is 11.5 Å². The standard InChI is InChI=1S/C17H21NO8S/c1-5-8-27(21,22)18-17-16(25-10(2)19)14(20)15(26-17)12-7-6-11(23-3)9-13(12)24-4/h6-7,9,18,20H,5,8H2,1-4H3. The second-order valence-corrected chi connectivity index (χ2v) is 7.36. The number of carbonyl (C=O) groups is 1. The van der Waals surface area contributed by atoms with Gasteiger partial charge in [0.15, 0.2) is 5.76 Å². The molecule has 1 aromatic carbocycles. The van der Waals surface area contributed by atoms with Gasteiger partial charge in [-0.15, -0.1) is 0 Å².